The topological polar surface area (TPSA) is 71.0 Å². The number of aryl methyl sites for hydroxylation is 1. The number of fused-ring (bicyclic) bond motifs is 1. The molecule has 0 fully saturated rings. The highest BCUT2D eigenvalue weighted by molar-refractivity contribution is 6.29. The Bertz CT molecular complexity index is 1270. The molecule has 0 saturated carbocycles. The van der Waals surface area contributed by atoms with E-state index in [1.807, 2.05) is 24.3 Å². The summed E-state index contributed by atoms with van der Waals surface area (Å²) >= 11 is 5.87. The Hall–Kier alpha value is -3.32. The highest BCUT2D eigenvalue weighted by atomic mass is 35.5. The van der Waals surface area contributed by atoms with Gasteiger partial charge in [-0.2, -0.15) is 0 Å². The first kappa shape index (κ1) is 18.1. The summed E-state index contributed by atoms with van der Waals surface area (Å²) in [4.78, 5) is 30.1. The molecular weight excluding hydrogens is 380 g/mol. The standard InChI is InChI=1S/C20H17ClN4O3/c1-23-10-9-16-18(19(23)26)24(12-13-3-6-15(28-2)7-4-13)20(27)25(16)14-5-8-17(21)22-11-14/h3-11H,12H2,1-2H3. The number of ether oxygens (including phenoxy) is 1. The smallest absolute Gasteiger partial charge is 0.334 e. The van der Waals surface area contributed by atoms with Crippen molar-refractivity contribution in [1.29, 1.82) is 0 Å². The van der Waals surface area contributed by atoms with Gasteiger partial charge in [-0.1, -0.05) is 23.7 Å². The average molecular weight is 397 g/mol. The monoisotopic (exact) mass is 396 g/mol. The first-order valence-electron chi connectivity index (χ1n) is 8.55. The van der Waals surface area contributed by atoms with Gasteiger partial charge in [0, 0.05) is 13.2 Å². The lowest BCUT2D eigenvalue weighted by atomic mass is 10.2. The molecule has 0 saturated heterocycles. The largest absolute Gasteiger partial charge is 0.497 e. The van der Waals surface area contributed by atoms with Crippen molar-refractivity contribution in [2.75, 3.05) is 7.11 Å². The average Bonchev–Trinajstić information content (AvgIpc) is 2.98. The summed E-state index contributed by atoms with van der Waals surface area (Å²) in [7, 11) is 3.25. The first-order valence-corrected chi connectivity index (χ1v) is 8.93. The number of hydrogen-bond donors (Lipinski definition) is 0. The third-order valence-corrected chi connectivity index (χ3v) is 4.85. The van der Waals surface area contributed by atoms with Gasteiger partial charge in [-0.25, -0.2) is 9.78 Å². The zero-order chi connectivity index (χ0) is 19.8. The van der Waals surface area contributed by atoms with Crippen LogP contribution in [0.5, 0.6) is 5.75 Å². The van der Waals surface area contributed by atoms with Gasteiger partial charge in [0.2, 0.25) is 0 Å². The molecule has 0 bridgehead atoms. The summed E-state index contributed by atoms with van der Waals surface area (Å²) in [6, 6.07) is 12.4. The SMILES string of the molecule is COc1ccc(Cn2c(=O)n(-c3ccc(Cl)nc3)c3ccn(C)c(=O)c32)cc1. The van der Waals surface area contributed by atoms with Crippen LogP contribution in [0.4, 0.5) is 0 Å². The van der Waals surface area contributed by atoms with Crippen molar-refractivity contribution in [3.8, 4) is 11.4 Å². The molecule has 0 atom stereocenters. The number of benzene rings is 1. The fourth-order valence-corrected chi connectivity index (χ4v) is 3.28. The predicted molar refractivity (Wildman–Crippen MR) is 108 cm³/mol. The molecule has 0 aliphatic carbocycles. The molecule has 4 aromatic rings. The van der Waals surface area contributed by atoms with Gasteiger partial charge in [-0.05, 0) is 35.9 Å². The Morgan fingerprint density at radius 1 is 1.07 bits per heavy atom. The normalized spacial score (nSPS) is 11.1. The second-order valence-electron chi connectivity index (χ2n) is 6.36. The molecule has 4 rings (SSSR count). The molecule has 0 amide bonds. The maximum absolute atomic E-state index is 13.3. The number of imidazole rings is 1. The van der Waals surface area contributed by atoms with Gasteiger partial charge in [0.1, 0.15) is 16.4 Å². The van der Waals surface area contributed by atoms with E-state index in [9.17, 15) is 9.59 Å². The minimum absolute atomic E-state index is 0.246. The molecule has 0 radical (unpaired) electrons. The van der Waals surface area contributed by atoms with Crippen molar-refractivity contribution >= 4 is 22.6 Å². The highest BCUT2D eigenvalue weighted by Crippen LogP contribution is 2.18. The van der Waals surface area contributed by atoms with E-state index in [0.29, 0.717) is 21.9 Å². The van der Waals surface area contributed by atoms with Crippen molar-refractivity contribution < 1.29 is 4.74 Å². The molecule has 28 heavy (non-hydrogen) atoms. The second kappa shape index (κ2) is 7.01. The Balaban J connectivity index is 1.95. The lowest BCUT2D eigenvalue weighted by Gasteiger charge is -2.05. The first-order chi connectivity index (χ1) is 13.5. The van der Waals surface area contributed by atoms with Gasteiger partial charge < -0.3 is 9.30 Å². The zero-order valence-electron chi connectivity index (χ0n) is 15.3. The van der Waals surface area contributed by atoms with Crippen LogP contribution in [-0.2, 0) is 13.6 Å². The third-order valence-electron chi connectivity index (χ3n) is 4.62. The molecule has 0 unspecified atom stereocenters. The molecule has 8 heteroatoms. The second-order valence-corrected chi connectivity index (χ2v) is 6.74. The minimum Gasteiger partial charge on any atom is -0.497 e. The van der Waals surface area contributed by atoms with E-state index in [0.717, 1.165) is 11.3 Å². The van der Waals surface area contributed by atoms with E-state index in [1.165, 1.54) is 19.9 Å². The number of nitrogens with zero attached hydrogens (tertiary/aromatic N) is 4. The van der Waals surface area contributed by atoms with Crippen LogP contribution in [0.1, 0.15) is 5.56 Å². The van der Waals surface area contributed by atoms with Crippen molar-refractivity contribution in [3.05, 3.63) is 86.4 Å². The van der Waals surface area contributed by atoms with E-state index in [1.54, 1.807) is 38.6 Å². The lowest BCUT2D eigenvalue weighted by Crippen LogP contribution is -2.26. The number of pyridine rings is 2. The third kappa shape index (κ3) is 2.99. The lowest BCUT2D eigenvalue weighted by molar-refractivity contribution is 0.414. The molecule has 3 heterocycles. The van der Waals surface area contributed by atoms with Gasteiger partial charge in [0.15, 0.2) is 0 Å². The van der Waals surface area contributed by atoms with Crippen LogP contribution >= 0.6 is 11.6 Å². The van der Waals surface area contributed by atoms with Gasteiger partial charge >= 0.3 is 5.69 Å². The van der Waals surface area contributed by atoms with Crippen molar-refractivity contribution in [2.24, 2.45) is 7.05 Å². The zero-order valence-corrected chi connectivity index (χ0v) is 16.1. The van der Waals surface area contributed by atoms with Crippen LogP contribution in [0.25, 0.3) is 16.7 Å². The quantitative estimate of drug-likeness (QED) is 0.497. The molecular formula is C20H17ClN4O3. The molecule has 142 valence electrons. The van der Waals surface area contributed by atoms with E-state index < -0.39 is 0 Å². The van der Waals surface area contributed by atoms with E-state index in [-0.39, 0.29) is 17.8 Å². The predicted octanol–water partition coefficient (Wildman–Crippen LogP) is 2.60. The van der Waals surface area contributed by atoms with Crippen LogP contribution < -0.4 is 16.0 Å². The van der Waals surface area contributed by atoms with Gasteiger partial charge in [-0.15, -0.1) is 0 Å². The van der Waals surface area contributed by atoms with Crippen LogP contribution in [-0.4, -0.2) is 25.8 Å². The fourth-order valence-electron chi connectivity index (χ4n) is 3.17. The van der Waals surface area contributed by atoms with E-state index in [4.69, 9.17) is 16.3 Å². The summed E-state index contributed by atoms with van der Waals surface area (Å²) in [5, 5.41) is 0.328. The molecule has 0 spiro atoms. The van der Waals surface area contributed by atoms with Gasteiger partial charge in [0.25, 0.3) is 5.56 Å². The number of rotatable bonds is 4. The van der Waals surface area contributed by atoms with Crippen LogP contribution in [0.3, 0.4) is 0 Å². The summed E-state index contributed by atoms with van der Waals surface area (Å²) < 4.78 is 9.59. The Morgan fingerprint density at radius 2 is 1.82 bits per heavy atom. The van der Waals surface area contributed by atoms with Crippen LogP contribution in [0.2, 0.25) is 5.15 Å². The Morgan fingerprint density at radius 3 is 2.46 bits per heavy atom. The summed E-state index contributed by atoms with van der Waals surface area (Å²) in [5.41, 5.74) is 1.71. The molecule has 7 nitrogen and oxygen atoms in total. The number of halogens is 1. The van der Waals surface area contributed by atoms with Gasteiger partial charge in [0.05, 0.1) is 31.1 Å². The summed E-state index contributed by atoms with van der Waals surface area (Å²) in [6.07, 6.45) is 3.15. The number of aromatic nitrogens is 4. The highest BCUT2D eigenvalue weighted by Gasteiger charge is 2.18. The minimum atomic E-state index is -0.321. The van der Waals surface area contributed by atoms with Gasteiger partial charge in [-0.3, -0.25) is 13.9 Å². The molecule has 0 N–H and O–H groups in total. The van der Waals surface area contributed by atoms with Crippen molar-refractivity contribution in [2.45, 2.75) is 6.54 Å². The van der Waals surface area contributed by atoms with Crippen molar-refractivity contribution in [1.82, 2.24) is 18.7 Å². The van der Waals surface area contributed by atoms with Crippen LogP contribution in [0, 0.1) is 0 Å². The van der Waals surface area contributed by atoms with Crippen LogP contribution in [0.15, 0.2) is 64.4 Å². The Kier molecular flexibility index (Phi) is 4.52. The molecule has 3 aromatic heterocycles. The number of methoxy groups -OCH3 is 1. The summed E-state index contributed by atoms with van der Waals surface area (Å²) in [6.45, 7) is 0.257. The number of hydrogen-bond acceptors (Lipinski definition) is 4. The fraction of sp³-hybridized carbons (Fsp3) is 0.150. The van der Waals surface area contributed by atoms with E-state index >= 15 is 0 Å². The van der Waals surface area contributed by atoms with E-state index in [2.05, 4.69) is 4.98 Å². The molecule has 0 aliphatic heterocycles. The summed E-state index contributed by atoms with van der Waals surface area (Å²) in [5.74, 6) is 0.724. The van der Waals surface area contributed by atoms with Crippen molar-refractivity contribution in [3.63, 3.8) is 0 Å². The Labute approximate surface area is 165 Å². The maximum atomic E-state index is 13.3. The maximum Gasteiger partial charge on any atom is 0.334 e. The molecule has 1 aromatic carbocycles. The molecule has 0 aliphatic rings.